The molecule has 0 radical (unpaired) electrons. The van der Waals surface area contributed by atoms with Crippen LogP contribution in [-0.2, 0) is 11.2 Å². The molecule has 4 rings (SSSR count). The van der Waals surface area contributed by atoms with Gasteiger partial charge >= 0.3 is 0 Å². The number of ether oxygens (including phenoxy) is 1. The van der Waals surface area contributed by atoms with Gasteiger partial charge in [0.25, 0.3) is 5.56 Å². The molecule has 3 aromatic rings. The molecule has 1 saturated heterocycles. The summed E-state index contributed by atoms with van der Waals surface area (Å²) in [4.78, 5) is 17.2. The minimum atomic E-state index is -0.327. The monoisotopic (exact) mass is 381 g/mol. The Labute approximate surface area is 161 Å². The SMILES string of the molecule is O=c1[nH]c(Nc2ccc(N3CCOCC3)cc2)nnc1Cc1ccc(F)cc1. The van der Waals surface area contributed by atoms with Crippen molar-refractivity contribution in [2.45, 2.75) is 6.42 Å². The van der Waals surface area contributed by atoms with Crippen LogP contribution in [0.15, 0.2) is 53.3 Å². The second-order valence-corrected chi connectivity index (χ2v) is 6.52. The van der Waals surface area contributed by atoms with Gasteiger partial charge in [0.15, 0.2) is 0 Å². The summed E-state index contributed by atoms with van der Waals surface area (Å²) in [6.07, 6.45) is 0.289. The molecule has 8 heteroatoms. The fraction of sp³-hybridized carbons (Fsp3) is 0.250. The van der Waals surface area contributed by atoms with Crippen LogP contribution < -0.4 is 15.8 Å². The number of nitrogens with zero attached hydrogens (tertiary/aromatic N) is 3. The summed E-state index contributed by atoms with van der Waals surface area (Å²) in [5.41, 5.74) is 2.67. The summed E-state index contributed by atoms with van der Waals surface area (Å²) in [5.74, 6) is -0.0464. The highest BCUT2D eigenvalue weighted by atomic mass is 19.1. The summed E-state index contributed by atoms with van der Waals surface area (Å²) in [5, 5.41) is 11.1. The van der Waals surface area contributed by atoms with Crippen molar-refractivity contribution in [3.8, 4) is 0 Å². The summed E-state index contributed by atoms with van der Waals surface area (Å²) >= 11 is 0. The van der Waals surface area contributed by atoms with E-state index in [9.17, 15) is 9.18 Å². The first kappa shape index (κ1) is 18.1. The highest BCUT2D eigenvalue weighted by Gasteiger charge is 2.11. The molecule has 0 spiro atoms. The Kier molecular flexibility index (Phi) is 5.29. The van der Waals surface area contributed by atoms with E-state index in [-0.39, 0.29) is 29.4 Å². The highest BCUT2D eigenvalue weighted by Crippen LogP contribution is 2.20. The number of nitrogens with one attached hydrogen (secondary N) is 2. The first-order chi connectivity index (χ1) is 13.7. The van der Waals surface area contributed by atoms with Crippen LogP contribution in [0.4, 0.5) is 21.7 Å². The number of morpholine rings is 1. The van der Waals surface area contributed by atoms with Crippen molar-refractivity contribution in [3.05, 3.63) is 76.0 Å². The lowest BCUT2D eigenvalue weighted by Gasteiger charge is -2.28. The average molecular weight is 381 g/mol. The minimum Gasteiger partial charge on any atom is -0.378 e. The maximum atomic E-state index is 13.0. The summed E-state index contributed by atoms with van der Waals surface area (Å²) < 4.78 is 18.4. The maximum absolute atomic E-state index is 13.0. The predicted molar refractivity (Wildman–Crippen MR) is 105 cm³/mol. The van der Waals surface area contributed by atoms with E-state index in [0.717, 1.165) is 43.2 Å². The molecule has 0 saturated carbocycles. The molecule has 0 amide bonds. The van der Waals surface area contributed by atoms with E-state index < -0.39 is 0 Å². The van der Waals surface area contributed by atoms with Crippen molar-refractivity contribution in [1.29, 1.82) is 0 Å². The van der Waals surface area contributed by atoms with Gasteiger partial charge in [0, 0.05) is 30.9 Å². The van der Waals surface area contributed by atoms with Gasteiger partial charge in [-0.2, -0.15) is 0 Å². The smallest absolute Gasteiger partial charge is 0.274 e. The second-order valence-electron chi connectivity index (χ2n) is 6.52. The standard InChI is InChI=1S/C20H20FN5O2/c21-15-3-1-14(2-4-15)13-18-19(27)23-20(25-24-18)22-16-5-7-17(8-6-16)26-9-11-28-12-10-26/h1-8H,9-13H2,(H2,22,23,25,27). The number of hydrogen-bond acceptors (Lipinski definition) is 6. The van der Waals surface area contributed by atoms with Crippen molar-refractivity contribution in [1.82, 2.24) is 15.2 Å². The lowest BCUT2D eigenvalue weighted by molar-refractivity contribution is 0.122. The van der Waals surface area contributed by atoms with Crippen molar-refractivity contribution >= 4 is 17.3 Å². The van der Waals surface area contributed by atoms with E-state index in [0.29, 0.717) is 0 Å². The molecule has 2 heterocycles. The maximum Gasteiger partial charge on any atom is 0.274 e. The molecule has 1 fully saturated rings. The van der Waals surface area contributed by atoms with Gasteiger partial charge in [0.2, 0.25) is 5.95 Å². The molecule has 7 nitrogen and oxygen atoms in total. The van der Waals surface area contributed by atoms with Gasteiger partial charge in [-0.1, -0.05) is 12.1 Å². The van der Waals surface area contributed by atoms with Gasteiger partial charge in [-0.05, 0) is 42.0 Å². The quantitative estimate of drug-likeness (QED) is 0.707. The van der Waals surface area contributed by atoms with Gasteiger partial charge in [0.1, 0.15) is 11.5 Å². The number of rotatable bonds is 5. The van der Waals surface area contributed by atoms with E-state index in [1.165, 1.54) is 12.1 Å². The number of benzene rings is 2. The lowest BCUT2D eigenvalue weighted by atomic mass is 10.1. The van der Waals surface area contributed by atoms with Crippen molar-refractivity contribution < 1.29 is 9.13 Å². The third kappa shape index (κ3) is 4.34. The van der Waals surface area contributed by atoms with Crippen LogP contribution in [0.5, 0.6) is 0 Å². The number of halogens is 1. The Morgan fingerprint density at radius 1 is 1.04 bits per heavy atom. The zero-order valence-corrected chi connectivity index (χ0v) is 15.2. The van der Waals surface area contributed by atoms with Crippen LogP contribution in [0, 0.1) is 5.82 Å². The van der Waals surface area contributed by atoms with Crippen LogP contribution >= 0.6 is 0 Å². The largest absolute Gasteiger partial charge is 0.378 e. The number of aromatic nitrogens is 3. The Balaban J connectivity index is 1.42. The second kappa shape index (κ2) is 8.18. The first-order valence-electron chi connectivity index (χ1n) is 9.07. The lowest BCUT2D eigenvalue weighted by Crippen LogP contribution is -2.36. The van der Waals surface area contributed by atoms with E-state index in [2.05, 4.69) is 25.4 Å². The zero-order chi connectivity index (χ0) is 19.3. The molecule has 0 unspecified atom stereocenters. The summed E-state index contributed by atoms with van der Waals surface area (Å²) in [6.45, 7) is 3.23. The molecule has 1 aliphatic heterocycles. The number of anilines is 3. The zero-order valence-electron chi connectivity index (χ0n) is 15.2. The Hall–Kier alpha value is -3.26. The fourth-order valence-electron chi connectivity index (χ4n) is 3.04. The molecule has 0 aliphatic carbocycles. The van der Waals surface area contributed by atoms with Crippen LogP contribution in [-0.4, -0.2) is 41.5 Å². The Morgan fingerprint density at radius 3 is 2.43 bits per heavy atom. The topological polar surface area (TPSA) is 83.1 Å². The van der Waals surface area contributed by atoms with E-state index >= 15 is 0 Å². The fourth-order valence-corrected chi connectivity index (χ4v) is 3.04. The third-order valence-corrected chi connectivity index (χ3v) is 4.56. The highest BCUT2D eigenvalue weighted by molar-refractivity contribution is 5.59. The van der Waals surface area contributed by atoms with Crippen LogP contribution in [0.2, 0.25) is 0 Å². The first-order valence-corrected chi connectivity index (χ1v) is 9.07. The molecule has 1 aromatic heterocycles. The molecule has 0 bridgehead atoms. The van der Waals surface area contributed by atoms with Gasteiger partial charge < -0.3 is 15.0 Å². The van der Waals surface area contributed by atoms with Gasteiger partial charge in [0.05, 0.1) is 13.2 Å². The van der Waals surface area contributed by atoms with E-state index in [1.807, 2.05) is 24.3 Å². The molecule has 0 atom stereocenters. The van der Waals surface area contributed by atoms with Crippen LogP contribution in [0.3, 0.4) is 0 Å². The van der Waals surface area contributed by atoms with Crippen LogP contribution in [0.1, 0.15) is 11.3 Å². The van der Waals surface area contributed by atoms with E-state index in [4.69, 9.17) is 4.74 Å². The summed E-state index contributed by atoms with van der Waals surface area (Å²) in [6, 6.07) is 13.8. The Morgan fingerprint density at radius 2 is 1.75 bits per heavy atom. The van der Waals surface area contributed by atoms with Gasteiger partial charge in [-0.15, -0.1) is 10.2 Å². The van der Waals surface area contributed by atoms with Gasteiger partial charge in [-0.25, -0.2) is 4.39 Å². The van der Waals surface area contributed by atoms with E-state index in [1.54, 1.807) is 12.1 Å². The van der Waals surface area contributed by atoms with Crippen molar-refractivity contribution in [2.75, 3.05) is 36.5 Å². The molecule has 144 valence electrons. The molecule has 2 N–H and O–H groups in total. The molecular formula is C20H20FN5O2. The van der Waals surface area contributed by atoms with Crippen LogP contribution in [0.25, 0.3) is 0 Å². The molecule has 28 heavy (non-hydrogen) atoms. The Bertz CT molecular complexity index is 983. The number of aromatic amines is 1. The van der Waals surface area contributed by atoms with Gasteiger partial charge in [-0.3, -0.25) is 9.78 Å². The average Bonchev–Trinajstić information content (AvgIpc) is 2.73. The predicted octanol–water partition coefficient (Wildman–Crippen LogP) is 2.48. The number of H-pyrrole nitrogens is 1. The number of hydrogen-bond donors (Lipinski definition) is 2. The van der Waals surface area contributed by atoms with Crippen molar-refractivity contribution in [2.24, 2.45) is 0 Å². The molecular weight excluding hydrogens is 361 g/mol. The third-order valence-electron chi connectivity index (χ3n) is 4.56. The minimum absolute atomic E-state index is 0.270. The molecule has 1 aliphatic rings. The summed E-state index contributed by atoms with van der Waals surface area (Å²) in [7, 11) is 0. The van der Waals surface area contributed by atoms with Crippen molar-refractivity contribution in [3.63, 3.8) is 0 Å². The normalized spacial score (nSPS) is 14.1. The molecule has 2 aromatic carbocycles.